The molecule has 0 aliphatic carbocycles. The van der Waals surface area contributed by atoms with Crippen LogP contribution in [0.15, 0.2) is 73.1 Å². The predicted octanol–water partition coefficient (Wildman–Crippen LogP) is 3.70. The second-order valence-electron chi connectivity index (χ2n) is 5.18. The molecule has 0 bridgehead atoms. The zero-order valence-electron chi connectivity index (χ0n) is 12.3. The Morgan fingerprint density at radius 2 is 1.52 bits per heavy atom. The lowest BCUT2D eigenvalue weighted by Gasteiger charge is -2.13. The van der Waals surface area contributed by atoms with Crippen molar-refractivity contribution in [3.05, 3.63) is 84.2 Å². The highest BCUT2D eigenvalue weighted by Gasteiger charge is 2.34. The summed E-state index contributed by atoms with van der Waals surface area (Å²) in [6.45, 7) is 0. The molecule has 0 atom stereocenters. The predicted molar refractivity (Wildman–Crippen MR) is 89.9 cm³/mol. The van der Waals surface area contributed by atoms with Gasteiger partial charge in [0.05, 0.1) is 11.3 Å². The van der Waals surface area contributed by atoms with Gasteiger partial charge in [-0.3, -0.25) is 4.79 Å². The second kappa shape index (κ2) is 5.50. The molecule has 2 aromatic carbocycles. The van der Waals surface area contributed by atoms with Crippen molar-refractivity contribution in [1.82, 2.24) is 9.97 Å². The average molecular weight is 299 g/mol. The third kappa shape index (κ3) is 2.30. The fourth-order valence-corrected chi connectivity index (χ4v) is 2.70. The van der Waals surface area contributed by atoms with Crippen LogP contribution < -0.4 is 4.90 Å². The summed E-state index contributed by atoms with van der Waals surface area (Å²) in [5.74, 6) is 0.280. The molecule has 1 aliphatic heterocycles. The highest BCUT2D eigenvalue weighted by atomic mass is 16.2. The van der Waals surface area contributed by atoms with E-state index in [0.717, 1.165) is 16.8 Å². The normalized spacial score (nSPS) is 15.0. The number of anilines is 2. The Labute approximate surface area is 133 Å². The van der Waals surface area contributed by atoms with Gasteiger partial charge in [-0.25, -0.2) is 14.9 Å². The average Bonchev–Trinajstić information content (AvgIpc) is 2.89. The number of carbonyl (C=O) groups is 1. The number of benzene rings is 2. The number of rotatable bonds is 2. The van der Waals surface area contributed by atoms with E-state index in [4.69, 9.17) is 0 Å². The van der Waals surface area contributed by atoms with Crippen molar-refractivity contribution in [3.63, 3.8) is 0 Å². The summed E-state index contributed by atoms with van der Waals surface area (Å²) in [4.78, 5) is 22.9. The molecule has 23 heavy (non-hydrogen) atoms. The van der Waals surface area contributed by atoms with Gasteiger partial charge in [0, 0.05) is 18.0 Å². The Kier molecular flexibility index (Phi) is 3.20. The van der Waals surface area contributed by atoms with E-state index in [1.54, 1.807) is 23.4 Å². The second-order valence-corrected chi connectivity index (χ2v) is 5.18. The molecule has 0 spiro atoms. The number of hydrogen-bond donors (Lipinski definition) is 0. The zero-order chi connectivity index (χ0) is 15.6. The summed E-state index contributed by atoms with van der Waals surface area (Å²) in [6, 6.07) is 19.3. The van der Waals surface area contributed by atoms with Gasteiger partial charge < -0.3 is 0 Å². The van der Waals surface area contributed by atoms with E-state index >= 15 is 0 Å². The lowest BCUT2D eigenvalue weighted by Crippen LogP contribution is -2.22. The van der Waals surface area contributed by atoms with Crippen LogP contribution >= 0.6 is 0 Å². The number of aromatic nitrogens is 2. The summed E-state index contributed by atoms with van der Waals surface area (Å²) in [7, 11) is 0. The third-order valence-electron chi connectivity index (χ3n) is 3.73. The Morgan fingerprint density at radius 3 is 2.30 bits per heavy atom. The smallest absolute Gasteiger partial charge is 0.265 e. The molecule has 4 nitrogen and oxygen atoms in total. The minimum Gasteiger partial charge on any atom is -0.268 e. The van der Waals surface area contributed by atoms with Gasteiger partial charge in [-0.1, -0.05) is 48.5 Å². The maximum absolute atomic E-state index is 12.9. The molecular formula is C19H13N3O. The first kappa shape index (κ1) is 13.4. The maximum atomic E-state index is 12.9. The van der Waals surface area contributed by atoms with Crippen molar-refractivity contribution in [2.75, 3.05) is 4.90 Å². The van der Waals surface area contributed by atoms with Crippen molar-refractivity contribution >= 4 is 29.2 Å². The van der Waals surface area contributed by atoms with Crippen molar-refractivity contribution in [2.24, 2.45) is 0 Å². The molecule has 0 radical (unpaired) electrons. The van der Waals surface area contributed by atoms with Crippen LogP contribution in [-0.2, 0) is 4.79 Å². The molecular weight excluding hydrogens is 286 g/mol. The standard InChI is InChI=1S/C19H13N3O/c23-18-16(13-14-7-2-1-3-8-14)15-9-4-5-10-17(15)22(18)19-20-11-6-12-21-19/h1-13H. The Morgan fingerprint density at radius 1 is 0.826 bits per heavy atom. The largest absolute Gasteiger partial charge is 0.268 e. The van der Waals surface area contributed by atoms with Crippen molar-refractivity contribution in [1.29, 1.82) is 0 Å². The van der Waals surface area contributed by atoms with Gasteiger partial charge in [0.25, 0.3) is 5.91 Å². The number of nitrogens with zero attached hydrogens (tertiary/aromatic N) is 3. The van der Waals surface area contributed by atoms with Crippen molar-refractivity contribution < 1.29 is 4.79 Å². The van der Waals surface area contributed by atoms with Crippen LogP contribution in [0.3, 0.4) is 0 Å². The molecule has 0 saturated heterocycles. The minimum absolute atomic E-state index is 0.110. The Hall–Kier alpha value is -3.27. The van der Waals surface area contributed by atoms with E-state index in [2.05, 4.69) is 9.97 Å². The van der Waals surface area contributed by atoms with E-state index in [0.29, 0.717) is 11.5 Å². The molecule has 2 heterocycles. The SMILES string of the molecule is O=C1C(=Cc2ccccc2)c2ccccc2N1c1ncccn1. The first-order valence-electron chi connectivity index (χ1n) is 7.32. The molecule has 0 fully saturated rings. The van der Waals surface area contributed by atoms with Crippen LogP contribution in [-0.4, -0.2) is 15.9 Å². The van der Waals surface area contributed by atoms with Crippen LogP contribution in [0, 0.1) is 0 Å². The van der Waals surface area contributed by atoms with Gasteiger partial charge in [0.2, 0.25) is 5.95 Å². The molecule has 0 N–H and O–H groups in total. The number of fused-ring (bicyclic) bond motifs is 1. The molecule has 1 amide bonds. The maximum Gasteiger partial charge on any atom is 0.265 e. The lowest BCUT2D eigenvalue weighted by molar-refractivity contribution is -0.112. The number of amides is 1. The fraction of sp³-hybridized carbons (Fsp3) is 0. The van der Waals surface area contributed by atoms with Crippen LogP contribution in [0.1, 0.15) is 11.1 Å². The van der Waals surface area contributed by atoms with E-state index in [9.17, 15) is 4.79 Å². The highest BCUT2D eigenvalue weighted by Crippen LogP contribution is 2.40. The Balaban J connectivity index is 1.87. The van der Waals surface area contributed by atoms with Crippen LogP contribution in [0.4, 0.5) is 11.6 Å². The van der Waals surface area contributed by atoms with E-state index in [1.807, 2.05) is 60.7 Å². The number of carbonyl (C=O) groups excluding carboxylic acids is 1. The van der Waals surface area contributed by atoms with Gasteiger partial charge >= 0.3 is 0 Å². The lowest BCUT2D eigenvalue weighted by atomic mass is 10.0. The monoisotopic (exact) mass is 299 g/mol. The molecule has 1 aliphatic rings. The van der Waals surface area contributed by atoms with Crippen molar-refractivity contribution in [3.8, 4) is 0 Å². The molecule has 4 rings (SSSR count). The summed E-state index contributed by atoms with van der Waals surface area (Å²) in [6.07, 6.45) is 5.18. The van der Waals surface area contributed by atoms with Gasteiger partial charge in [-0.15, -0.1) is 0 Å². The Bertz CT molecular complexity index is 889. The molecule has 0 unspecified atom stereocenters. The summed E-state index contributed by atoms with van der Waals surface area (Å²) < 4.78 is 0. The zero-order valence-corrected chi connectivity index (χ0v) is 12.3. The summed E-state index contributed by atoms with van der Waals surface area (Å²) in [5, 5.41) is 0. The van der Waals surface area contributed by atoms with Crippen molar-refractivity contribution in [2.45, 2.75) is 0 Å². The third-order valence-corrected chi connectivity index (χ3v) is 3.73. The quantitative estimate of drug-likeness (QED) is 0.678. The highest BCUT2D eigenvalue weighted by molar-refractivity contribution is 6.37. The molecule has 4 heteroatoms. The van der Waals surface area contributed by atoms with E-state index in [-0.39, 0.29) is 5.91 Å². The van der Waals surface area contributed by atoms with Gasteiger partial charge in [0.15, 0.2) is 0 Å². The van der Waals surface area contributed by atoms with Gasteiger partial charge in [0.1, 0.15) is 0 Å². The van der Waals surface area contributed by atoms with Crippen LogP contribution in [0.25, 0.3) is 11.6 Å². The minimum atomic E-state index is -0.110. The first-order chi connectivity index (χ1) is 11.3. The molecule has 0 saturated carbocycles. The number of para-hydroxylation sites is 1. The summed E-state index contributed by atoms with van der Waals surface area (Å²) in [5.41, 5.74) is 3.35. The van der Waals surface area contributed by atoms with E-state index in [1.165, 1.54) is 0 Å². The molecule has 110 valence electrons. The van der Waals surface area contributed by atoms with Crippen LogP contribution in [0.2, 0.25) is 0 Å². The van der Waals surface area contributed by atoms with Gasteiger partial charge in [-0.2, -0.15) is 0 Å². The van der Waals surface area contributed by atoms with Crippen LogP contribution in [0.5, 0.6) is 0 Å². The number of hydrogen-bond acceptors (Lipinski definition) is 3. The summed E-state index contributed by atoms with van der Waals surface area (Å²) >= 11 is 0. The van der Waals surface area contributed by atoms with E-state index < -0.39 is 0 Å². The first-order valence-corrected chi connectivity index (χ1v) is 7.32. The fourth-order valence-electron chi connectivity index (χ4n) is 2.70. The molecule has 1 aromatic heterocycles. The van der Waals surface area contributed by atoms with Gasteiger partial charge in [-0.05, 0) is 23.8 Å². The molecule has 3 aromatic rings. The topological polar surface area (TPSA) is 46.1 Å².